The molecule has 0 bridgehead atoms. The minimum Gasteiger partial charge on any atom is -0.496 e. The Morgan fingerprint density at radius 1 is 0.867 bits per heavy atom. The molecule has 0 heterocycles. The summed E-state index contributed by atoms with van der Waals surface area (Å²) < 4.78 is 11.5. The van der Waals surface area contributed by atoms with Crippen LogP contribution >= 0.6 is 0 Å². The molecular formula is C26H23NO3. The van der Waals surface area contributed by atoms with Gasteiger partial charge in [0.25, 0.3) is 5.91 Å². The SMILES string of the molecule is COc1ccc(C(=O)Nc2ccc(C)cc2)cc1COc1ccc2ccccc2c1. The van der Waals surface area contributed by atoms with E-state index in [2.05, 4.69) is 17.4 Å². The van der Waals surface area contributed by atoms with Crippen molar-refractivity contribution in [1.82, 2.24) is 0 Å². The van der Waals surface area contributed by atoms with E-state index in [-0.39, 0.29) is 5.91 Å². The molecule has 0 fully saturated rings. The molecule has 1 N–H and O–H groups in total. The molecule has 0 aromatic heterocycles. The molecule has 4 nitrogen and oxygen atoms in total. The van der Waals surface area contributed by atoms with Crippen LogP contribution in [0.1, 0.15) is 21.5 Å². The first-order valence-electron chi connectivity index (χ1n) is 9.79. The summed E-state index contributed by atoms with van der Waals surface area (Å²) >= 11 is 0. The van der Waals surface area contributed by atoms with Crippen LogP contribution in [0.2, 0.25) is 0 Å². The van der Waals surface area contributed by atoms with Gasteiger partial charge in [-0.2, -0.15) is 0 Å². The van der Waals surface area contributed by atoms with Gasteiger partial charge in [0.2, 0.25) is 0 Å². The Morgan fingerprint density at radius 3 is 2.40 bits per heavy atom. The lowest BCUT2D eigenvalue weighted by Gasteiger charge is -2.13. The average Bonchev–Trinajstić information content (AvgIpc) is 2.78. The second-order valence-corrected chi connectivity index (χ2v) is 7.14. The van der Waals surface area contributed by atoms with Crippen LogP contribution < -0.4 is 14.8 Å². The molecule has 0 aliphatic heterocycles. The number of amides is 1. The van der Waals surface area contributed by atoms with Gasteiger partial charge in [0.05, 0.1) is 7.11 Å². The number of nitrogens with one attached hydrogen (secondary N) is 1. The monoisotopic (exact) mass is 397 g/mol. The second kappa shape index (κ2) is 8.70. The lowest BCUT2D eigenvalue weighted by molar-refractivity contribution is 0.102. The van der Waals surface area contributed by atoms with Crippen LogP contribution in [0, 0.1) is 6.92 Å². The molecule has 0 aliphatic rings. The van der Waals surface area contributed by atoms with Crippen LogP contribution in [0.15, 0.2) is 84.9 Å². The van der Waals surface area contributed by atoms with Crippen LogP contribution in [0.5, 0.6) is 11.5 Å². The summed E-state index contributed by atoms with van der Waals surface area (Å²) in [7, 11) is 1.61. The van der Waals surface area contributed by atoms with Crippen molar-refractivity contribution in [3.8, 4) is 11.5 Å². The Hall–Kier alpha value is -3.79. The first-order valence-corrected chi connectivity index (χ1v) is 9.79. The highest BCUT2D eigenvalue weighted by molar-refractivity contribution is 6.04. The minimum absolute atomic E-state index is 0.173. The van der Waals surface area contributed by atoms with Gasteiger partial charge in [0.15, 0.2) is 0 Å². The predicted molar refractivity (Wildman–Crippen MR) is 120 cm³/mol. The maximum absolute atomic E-state index is 12.7. The fourth-order valence-corrected chi connectivity index (χ4v) is 3.29. The van der Waals surface area contributed by atoms with Gasteiger partial charge < -0.3 is 14.8 Å². The average molecular weight is 397 g/mol. The van der Waals surface area contributed by atoms with Gasteiger partial charge in [0.1, 0.15) is 18.1 Å². The molecule has 0 saturated carbocycles. The number of carbonyl (C=O) groups is 1. The van der Waals surface area contributed by atoms with Gasteiger partial charge in [-0.1, -0.05) is 48.0 Å². The zero-order valence-electron chi connectivity index (χ0n) is 17.0. The zero-order chi connectivity index (χ0) is 20.9. The Kier molecular flexibility index (Phi) is 5.66. The van der Waals surface area contributed by atoms with Gasteiger partial charge in [-0.25, -0.2) is 0 Å². The maximum Gasteiger partial charge on any atom is 0.255 e. The number of hydrogen-bond donors (Lipinski definition) is 1. The molecule has 0 radical (unpaired) electrons. The number of aryl methyl sites for hydroxylation is 1. The predicted octanol–water partition coefficient (Wildman–Crippen LogP) is 5.99. The lowest BCUT2D eigenvalue weighted by atomic mass is 10.1. The highest BCUT2D eigenvalue weighted by Gasteiger charge is 2.12. The van der Waals surface area contributed by atoms with Crippen molar-refractivity contribution < 1.29 is 14.3 Å². The Balaban J connectivity index is 1.51. The molecule has 150 valence electrons. The summed E-state index contributed by atoms with van der Waals surface area (Å²) in [6, 6.07) is 27.2. The second-order valence-electron chi connectivity index (χ2n) is 7.14. The van der Waals surface area contributed by atoms with Gasteiger partial charge in [-0.15, -0.1) is 0 Å². The molecule has 4 heteroatoms. The van der Waals surface area contributed by atoms with Gasteiger partial charge in [-0.3, -0.25) is 4.79 Å². The number of ether oxygens (including phenoxy) is 2. The molecule has 4 aromatic carbocycles. The van der Waals surface area contributed by atoms with Crippen molar-refractivity contribution in [3.05, 3.63) is 102 Å². The molecule has 0 spiro atoms. The van der Waals surface area contributed by atoms with E-state index >= 15 is 0 Å². The van der Waals surface area contributed by atoms with Crippen molar-refractivity contribution >= 4 is 22.4 Å². The quantitative estimate of drug-likeness (QED) is 0.435. The summed E-state index contributed by atoms with van der Waals surface area (Å²) in [5.74, 6) is 1.28. The number of methoxy groups -OCH3 is 1. The minimum atomic E-state index is -0.173. The Labute approximate surface area is 176 Å². The van der Waals surface area contributed by atoms with Crippen molar-refractivity contribution in [2.24, 2.45) is 0 Å². The smallest absolute Gasteiger partial charge is 0.255 e. The molecule has 0 atom stereocenters. The van der Waals surface area contributed by atoms with E-state index in [1.165, 1.54) is 0 Å². The van der Waals surface area contributed by atoms with Crippen molar-refractivity contribution in [3.63, 3.8) is 0 Å². The molecule has 1 amide bonds. The van der Waals surface area contributed by atoms with E-state index in [4.69, 9.17) is 9.47 Å². The van der Waals surface area contributed by atoms with Crippen molar-refractivity contribution in [2.75, 3.05) is 12.4 Å². The molecule has 0 saturated heterocycles. The third kappa shape index (κ3) is 4.44. The molecule has 4 aromatic rings. The van der Waals surface area contributed by atoms with E-state index in [0.29, 0.717) is 17.9 Å². The van der Waals surface area contributed by atoms with Gasteiger partial charge in [0, 0.05) is 16.8 Å². The standard InChI is InChI=1S/C26H23NO3/c1-18-7-11-23(12-8-18)27-26(28)21-10-14-25(29-2)22(15-21)17-30-24-13-9-19-5-3-4-6-20(19)16-24/h3-16H,17H2,1-2H3,(H,27,28). The molecule has 30 heavy (non-hydrogen) atoms. The normalized spacial score (nSPS) is 10.6. The van der Waals surface area contributed by atoms with Crippen LogP contribution in [0.3, 0.4) is 0 Å². The first-order chi connectivity index (χ1) is 14.6. The Bertz CT molecular complexity index is 1180. The van der Waals surface area contributed by atoms with Crippen molar-refractivity contribution in [2.45, 2.75) is 13.5 Å². The molecule has 0 unspecified atom stereocenters. The summed E-state index contributed by atoms with van der Waals surface area (Å²) in [6.45, 7) is 2.31. The molecular weight excluding hydrogens is 374 g/mol. The summed E-state index contributed by atoms with van der Waals surface area (Å²) in [4.78, 5) is 12.7. The third-order valence-corrected chi connectivity index (χ3v) is 4.97. The van der Waals surface area contributed by atoms with Crippen LogP contribution in [0.25, 0.3) is 10.8 Å². The number of rotatable bonds is 6. The topological polar surface area (TPSA) is 47.6 Å². The third-order valence-electron chi connectivity index (χ3n) is 4.97. The van der Waals surface area contributed by atoms with Crippen LogP contribution in [-0.2, 0) is 6.61 Å². The molecule has 0 aliphatic carbocycles. The zero-order valence-corrected chi connectivity index (χ0v) is 17.0. The summed E-state index contributed by atoms with van der Waals surface area (Å²) in [5, 5.41) is 5.21. The summed E-state index contributed by atoms with van der Waals surface area (Å²) in [6.07, 6.45) is 0. The van der Waals surface area contributed by atoms with E-state index < -0.39 is 0 Å². The highest BCUT2D eigenvalue weighted by Crippen LogP contribution is 2.25. The van der Waals surface area contributed by atoms with E-state index in [1.807, 2.05) is 67.6 Å². The fourth-order valence-electron chi connectivity index (χ4n) is 3.29. The number of benzene rings is 4. The van der Waals surface area contributed by atoms with Gasteiger partial charge in [-0.05, 0) is 60.2 Å². The summed E-state index contributed by atoms with van der Waals surface area (Å²) in [5.41, 5.74) is 3.26. The highest BCUT2D eigenvalue weighted by atomic mass is 16.5. The lowest BCUT2D eigenvalue weighted by Crippen LogP contribution is -2.12. The Morgan fingerprint density at radius 2 is 1.63 bits per heavy atom. The maximum atomic E-state index is 12.7. The van der Waals surface area contributed by atoms with Crippen LogP contribution in [-0.4, -0.2) is 13.0 Å². The number of fused-ring (bicyclic) bond motifs is 1. The number of hydrogen-bond acceptors (Lipinski definition) is 3. The van der Waals surface area contributed by atoms with E-state index in [9.17, 15) is 4.79 Å². The number of anilines is 1. The number of carbonyl (C=O) groups excluding carboxylic acids is 1. The largest absolute Gasteiger partial charge is 0.496 e. The fraction of sp³-hybridized carbons (Fsp3) is 0.115. The van der Waals surface area contributed by atoms with E-state index in [1.54, 1.807) is 19.2 Å². The van der Waals surface area contributed by atoms with Crippen LogP contribution in [0.4, 0.5) is 5.69 Å². The van der Waals surface area contributed by atoms with E-state index in [0.717, 1.165) is 33.3 Å². The van der Waals surface area contributed by atoms with Gasteiger partial charge >= 0.3 is 0 Å². The van der Waals surface area contributed by atoms with Crippen molar-refractivity contribution in [1.29, 1.82) is 0 Å². The molecule has 4 rings (SSSR count). The first kappa shape index (κ1) is 19.5.